The molecule has 1 atom stereocenters. The third-order valence-corrected chi connectivity index (χ3v) is 5.86. The number of benzene rings is 2. The van der Waals surface area contributed by atoms with Gasteiger partial charge in [-0.05, 0) is 61.8 Å². The summed E-state index contributed by atoms with van der Waals surface area (Å²) in [6.45, 7) is 8.68. The van der Waals surface area contributed by atoms with Crippen LogP contribution in [0.1, 0.15) is 39.3 Å². The first-order chi connectivity index (χ1) is 17.1. The van der Waals surface area contributed by atoms with Gasteiger partial charge in [-0.3, -0.25) is 10.1 Å². The Hall–Kier alpha value is -3.99. The zero-order valence-corrected chi connectivity index (χ0v) is 21.3. The Morgan fingerprint density at radius 1 is 1.11 bits per heavy atom. The lowest BCUT2D eigenvalue weighted by Crippen LogP contribution is -2.47. The fourth-order valence-electron chi connectivity index (χ4n) is 3.72. The van der Waals surface area contributed by atoms with Gasteiger partial charge in [-0.2, -0.15) is 0 Å². The van der Waals surface area contributed by atoms with Crippen LogP contribution in [0.4, 0.5) is 21.9 Å². The van der Waals surface area contributed by atoms with Gasteiger partial charge in [-0.1, -0.05) is 26.0 Å². The van der Waals surface area contributed by atoms with Crippen molar-refractivity contribution < 1.29 is 19.2 Å². The van der Waals surface area contributed by atoms with Crippen molar-refractivity contribution in [1.29, 1.82) is 0 Å². The third kappa shape index (κ3) is 6.36. The molecule has 0 spiro atoms. The predicted octanol–water partition coefficient (Wildman–Crippen LogP) is 4.96. The van der Waals surface area contributed by atoms with E-state index in [4.69, 9.17) is 17.0 Å². The van der Waals surface area contributed by atoms with Gasteiger partial charge in [-0.25, -0.2) is 9.59 Å². The number of nitrogens with one attached hydrogen (secondary N) is 3. The number of anilines is 2. The van der Waals surface area contributed by atoms with E-state index in [0.717, 1.165) is 11.3 Å². The normalized spacial score (nSPS) is 15.4. The van der Waals surface area contributed by atoms with E-state index in [1.165, 1.54) is 24.3 Å². The molecule has 0 aliphatic carbocycles. The minimum atomic E-state index is -0.509. The number of urea groups is 1. The number of nitro groups is 1. The number of esters is 1. The molecule has 11 heteroatoms. The summed E-state index contributed by atoms with van der Waals surface area (Å²) in [5, 5.41) is 19.9. The maximum absolute atomic E-state index is 13.0. The summed E-state index contributed by atoms with van der Waals surface area (Å²) in [4.78, 5) is 37.5. The first kappa shape index (κ1) is 26.6. The molecule has 190 valence electrons. The number of non-ortho nitro benzene ring substituents is 1. The summed E-state index contributed by atoms with van der Waals surface area (Å²) in [6, 6.07) is 11.6. The van der Waals surface area contributed by atoms with Crippen LogP contribution in [0.15, 0.2) is 59.8 Å². The van der Waals surface area contributed by atoms with Crippen molar-refractivity contribution in [2.24, 2.45) is 5.92 Å². The first-order valence-electron chi connectivity index (χ1n) is 11.5. The molecule has 10 nitrogen and oxygen atoms in total. The molecule has 0 aromatic heterocycles. The highest BCUT2D eigenvalue weighted by atomic mass is 32.1. The van der Waals surface area contributed by atoms with Gasteiger partial charge < -0.3 is 25.6 Å². The SMILES string of the molecule is CCN1C(=S)NC(c2ccc(NC(=O)Nc3ccc([N+](=O)[O-])cc3)cc2)C(C(=O)OCC(C)C)=C1C. The number of thiocarbonyl (C=S) groups is 1. The van der Waals surface area contributed by atoms with Crippen molar-refractivity contribution in [3.05, 3.63) is 75.5 Å². The van der Waals surface area contributed by atoms with Crippen LogP contribution in [0.3, 0.4) is 0 Å². The average molecular weight is 512 g/mol. The Balaban J connectivity index is 1.75. The standard InChI is InChI=1S/C25H29N5O5S/c1-5-29-16(4)21(23(31)35-14-15(2)3)22(28-25(29)36)17-6-8-18(9-7-17)26-24(32)27-19-10-12-20(13-11-19)30(33)34/h6-13,15,22H,5,14H2,1-4H3,(H,28,36)(H2,26,27,32). The van der Waals surface area contributed by atoms with Gasteiger partial charge in [0.2, 0.25) is 0 Å². The molecule has 2 amide bonds. The molecule has 0 fully saturated rings. The molecule has 0 radical (unpaired) electrons. The van der Waals surface area contributed by atoms with E-state index in [1.807, 2.05) is 32.6 Å². The number of hydrogen-bond acceptors (Lipinski definition) is 6. The van der Waals surface area contributed by atoms with Gasteiger partial charge in [-0.15, -0.1) is 0 Å². The van der Waals surface area contributed by atoms with E-state index < -0.39 is 23.0 Å². The lowest BCUT2D eigenvalue weighted by Gasteiger charge is -2.37. The summed E-state index contributed by atoms with van der Waals surface area (Å²) in [5.41, 5.74) is 2.89. The molecule has 1 aliphatic rings. The number of rotatable bonds is 8. The highest BCUT2D eigenvalue weighted by Gasteiger charge is 2.34. The van der Waals surface area contributed by atoms with Crippen LogP contribution < -0.4 is 16.0 Å². The molecule has 2 aromatic carbocycles. The van der Waals surface area contributed by atoms with Crippen molar-refractivity contribution in [2.75, 3.05) is 23.8 Å². The van der Waals surface area contributed by atoms with Crippen molar-refractivity contribution in [3.63, 3.8) is 0 Å². The van der Waals surface area contributed by atoms with Gasteiger partial charge in [0.25, 0.3) is 5.69 Å². The largest absolute Gasteiger partial charge is 0.462 e. The molecule has 0 bridgehead atoms. The summed E-state index contributed by atoms with van der Waals surface area (Å²) in [6.07, 6.45) is 0. The molecule has 1 unspecified atom stereocenters. The molecule has 0 saturated heterocycles. The molecule has 36 heavy (non-hydrogen) atoms. The molecule has 1 heterocycles. The number of carbonyl (C=O) groups is 2. The fraction of sp³-hybridized carbons (Fsp3) is 0.320. The van der Waals surface area contributed by atoms with Crippen LogP contribution in [0, 0.1) is 16.0 Å². The zero-order chi connectivity index (χ0) is 26.4. The van der Waals surface area contributed by atoms with Crippen LogP contribution in [-0.4, -0.2) is 40.1 Å². The van der Waals surface area contributed by atoms with E-state index in [1.54, 1.807) is 24.3 Å². The summed E-state index contributed by atoms with van der Waals surface area (Å²) in [5.74, 6) is -0.194. The molecule has 2 aromatic rings. The predicted molar refractivity (Wildman–Crippen MR) is 142 cm³/mol. The Kier molecular flexibility index (Phi) is 8.59. The van der Waals surface area contributed by atoms with Gasteiger partial charge in [0.15, 0.2) is 5.11 Å². The van der Waals surface area contributed by atoms with Crippen molar-refractivity contribution >= 4 is 46.4 Å². The second kappa shape index (κ2) is 11.6. The highest BCUT2D eigenvalue weighted by molar-refractivity contribution is 7.80. The minimum Gasteiger partial charge on any atom is -0.462 e. The maximum Gasteiger partial charge on any atom is 0.338 e. The molecule has 3 rings (SSSR count). The summed E-state index contributed by atoms with van der Waals surface area (Å²) < 4.78 is 5.54. The number of nitro benzene ring substituents is 1. The number of allylic oxidation sites excluding steroid dienone is 1. The topological polar surface area (TPSA) is 126 Å². The number of ether oxygens (including phenoxy) is 1. The van der Waals surface area contributed by atoms with Crippen molar-refractivity contribution in [1.82, 2.24) is 10.2 Å². The molecular formula is C25H29N5O5S. The van der Waals surface area contributed by atoms with E-state index in [-0.39, 0.29) is 11.6 Å². The Morgan fingerprint density at radius 3 is 2.17 bits per heavy atom. The smallest absolute Gasteiger partial charge is 0.338 e. The van der Waals surface area contributed by atoms with E-state index in [0.29, 0.717) is 35.2 Å². The second-order valence-electron chi connectivity index (χ2n) is 8.62. The van der Waals surface area contributed by atoms with Crippen LogP contribution in [0.2, 0.25) is 0 Å². The average Bonchev–Trinajstić information content (AvgIpc) is 2.83. The molecule has 1 aliphatic heterocycles. The minimum absolute atomic E-state index is 0.0637. The second-order valence-corrected chi connectivity index (χ2v) is 9.01. The van der Waals surface area contributed by atoms with E-state index in [2.05, 4.69) is 16.0 Å². The highest BCUT2D eigenvalue weighted by Crippen LogP contribution is 2.32. The van der Waals surface area contributed by atoms with Gasteiger partial charge >= 0.3 is 12.0 Å². The zero-order valence-electron chi connectivity index (χ0n) is 20.5. The quantitative estimate of drug-likeness (QED) is 0.196. The molecular weight excluding hydrogens is 482 g/mol. The van der Waals surface area contributed by atoms with Gasteiger partial charge in [0.1, 0.15) is 0 Å². The summed E-state index contributed by atoms with van der Waals surface area (Å²) in [7, 11) is 0. The fourth-order valence-corrected chi connectivity index (χ4v) is 4.10. The van der Waals surface area contributed by atoms with Crippen LogP contribution in [-0.2, 0) is 9.53 Å². The maximum atomic E-state index is 13.0. The number of amides is 2. The monoisotopic (exact) mass is 511 g/mol. The molecule has 0 saturated carbocycles. The number of nitrogens with zero attached hydrogens (tertiary/aromatic N) is 2. The van der Waals surface area contributed by atoms with Crippen LogP contribution in [0.25, 0.3) is 0 Å². The Bertz CT molecular complexity index is 1180. The van der Waals surface area contributed by atoms with Crippen LogP contribution >= 0.6 is 12.2 Å². The lowest BCUT2D eigenvalue weighted by molar-refractivity contribution is -0.384. The number of carbonyl (C=O) groups excluding carboxylic acids is 2. The third-order valence-electron chi connectivity index (χ3n) is 5.52. The van der Waals surface area contributed by atoms with Crippen LogP contribution in [0.5, 0.6) is 0 Å². The Morgan fingerprint density at radius 2 is 1.67 bits per heavy atom. The van der Waals surface area contributed by atoms with Gasteiger partial charge in [0, 0.05) is 35.7 Å². The van der Waals surface area contributed by atoms with Gasteiger partial charge in [0.05, 0.1) is 23.1 Å². The molecule has 3 N–H and O–H groups in total. The van der Waals surface area contributed by atoms with Crippen molar-refractivity contribution in [3.8, 4) is 0 Å². The van der Waals surface area contributed by atoms with E-state index >= 15 is 0 Å². The van der Waals surface area contributed by atoms with E-state index in [9.17, 15) is 19.7 Å². The lowest BCUT2D eigenvalue weighted by atomic mass is 9.95. The number of hydrogen-bond donors (Lipinski definition) is 3. The Labute approximate surface area is 214 Å². The first-order valence-corrected chi connectivity index (χ1v) is 11.9. The summed E-state index contributed by atoms with van der Waals surface area (Å²) >= 11 is 5.52. The van der Waals surface area contributed by atoms with Crippen molar-refractivity contribution in [2.45, 2.75) is 33.7 Å².